The molecule has 0 heterocycles. The SMILES string of the molecule is C=C/C(=C(\C)C#N)c1cccc(-c2cc(-c3cccc(/C(C=C)=C(/C)C#N)c3)cc(-c3cccc(/C(C=C)=C/CC#N)c3)c2)c1. The number of benzene rings is 4. The van der Waals surface area contributed by atoms with Crippen LogP contribution in [0.5, 0.6) is 0 Å². The van der Waals surface area contributed by atoms with Crippen molar-refractivity contribution in [3.05, 3.63) is 163 Å². The summed E-state index contributed by atoms with van der Waals surface area (Å²) in [7, 11) is 0. The van der Waals surface area contributed by atoms with Gasteiger partial charge in [0.1, 0.15) is 0 Å². The number of allylic oxidation sites excluding steroid dienone is 9. The Bertz CT molecular complexity index is 1920. The van der Waals surface area contributed by atoms with Gasteiger partial charge < -0.3 is 0 Å². The Balaban J connectivity index is 1.98. The number of hydrogen-bond acceptors (Lipinski definition) is 3. The van der Waals surface area contributed by atoms with E-state index >= 15 is 0 Å². The Morgan fingerprint density at radius 2 is 0.956 bits per heavy atom. The Kier molecular flexibility index (Phi) is 10.4. The lowest BCUT2D eigenvalue weighted by molar-refractivity contribution is 1.35. The number of rotatable bonds is 10. The quantitative estimate of drug-likeness (QED) is 0.139. The van der Waals surface area contributed by atoms with Crippen molar-refractivity contribution < 1.29 is 0 Å². The minimum atomic E-state index is 0.302. The minimum Gasteiger partial charge on any atom is -0.198 e. The van der Waals surface area contributed by atoms with Gasteiger partial charge in [0.15, 0.2) is 0 Å². The van der Waals surface area contributed by atoms with E-state index in [4.69, 9.17) is 5.26 Å². The van der Waals surface area contributed by atoms with Gasteiger partial charge >= 0.3 is 0 Å². The third-order valence-electron chi connectivity index (χ3n) is 7.66. The van der Waals surface area contributed by atoms with Crippen LogP contribution in [0.2, 0.25) is 0 Å². The second kappa shape index (κ2) is 14.8. The monoisotopic (exact) mass is 579 g/mol. The first kappa shape index (κ1) is 31.7. The number of nitrogens with zero attached hydrogens (tertiary/aromatic N) is 3. The van der Waals surface area contributed by atoms with E-state index in [0.29, 0.717) is 17.6 Å². The van der Waals surface area contributed by atoms with E-state index in [0.717, 1.165) is 66.8 Å². The number of hydrogen-bond donors (Lipinski definition) is 0. The van der Waals surface area contributed by atoms with Gasteiger partial charge in [-0.3, -0.25) is 0 Å². The van der Waals surface area contributed by atoms with E-state index in [1.54, 1.807) is 32.1 Å². The lowest BCUT2D eigenvalue weighted by Crippen LogP contribution is -1.91. The van der Waals surface area contributed by atoms with Gasteiger partial charge in [-0.05, 0) is 117 Å². The molecule has 0 saturated heterocycles. The summed E-state index contributed by atoms with van der Waals surface area (Å²) in [6.45, 7) is 15.4. The van der Waals surface area contributed by atoms with Crippen molar-refractivity contribution in [1.82, 2.24) is 0 Å². The molecule has 0 N–H and O–H groups in total. The summed E-state index contributed by atoms with van der Waals surface area (Å²) in [5.74, 6) is 0. The summed E-state index contributed by atoms with van der Waals surface area (Å²) >= 11 is 0. The zero-order chi connectivity index (χ0) is 32.3. The van der Waals surface area contributed by atoms with Gasteiger partial charge in [-0.15, -0.1) is 0 Å². The van der Waals surface area contributed by atoms with Crippen LogP contribution in [-0.2, 0) is 0 Å². The zero-order valence-electron chi connectivity index (χ0n) is 25.6. The fourth-order valence-electron chi connectivity index (χ4n) is 5.31. The summed E-state index contributed by atoms with van der Waals surface area (Å²) in [4.78, 5) is 0. The molecule has 0 unspecified atom stereocenters. The summed E-state index contributed by atoms with van der Waals surface area (Å²) in [6.07, 6.45) is 7.41. The Morgan fingerprint density at radius 3 is 1.31 bits per heavy atom. The van der Waals surface area contributed by atoms with Gasteiger partial charge in [0.2, 0.25) is 0 Å². The molecule has 0 aromatic heterocycles. The van der Waals surface area contributed by atoms with Crippen LogP contribution in [0, 0.1) is 34.0 Å². The van der Waals surface area contributed by atoms with E-state index in [1.807, 2.05) is 42.5 Å². The van der Waals surface area contributed by atoms with Gasteiger partial charge in [0.25, 0.3) is 0 Å². The van der Waals surface area contributed by atoms with E-state index < -0.39 is 0 Å². The lowest BCUT2D eigenvalue weighted by atomic mass is 9.90. The van der Waals surface area contributed by atoms with Gasteiger partial charge in [-0.25, -0.2) is 0 Å². The predicted molar refractivity (Wildman–Crippen MR) is 188 cm³/mol. The fourth-order valence-corrected chi connectivity index (χ4v) is 5.31. The molecule has 4 aromatic carbocycles. The van der Waals surface area contributed by atoms with Crippen LogP contribution in [0.4, 0.5) is 0 Å². The predicted octanol–water partition coefficient (Wildman–Crippen LogP) is 11.1. The summed E-state index contributed by atoms with van der Waals surface area (Å²) < 4.78 is 0. The summed E-state index contributed by atoms with van der Waals surface area (Å²) in [5, 5.41) is 28.2. The molecule has 4 aromatic rings. The van der Waals surface area contributed by atoms with Gasteiger partial charge in [-0.2, -0.15) is 15.8 Å². The van der Waals surface area contributed by atoms with Crippen LogP contribution in [0.1, 0.15) is 37.0 Å². The van der Waals surface area contributed by atoms with E-state index in [2.05, 4.69) is 92.5 Å². The average molecular weight is 580 g/mol. The molecule has 0 radical (unpaired) electrons. The highest BCUT2D eigenvalue weighted by Gasteiger charge is 2.12. The molecule has 0 fully saturated rings. The molecule has 3 heteroatoms. The Hall–Kier alpha value is -6.21. The van der Waals surface area contributed by atoms with Crippen molar-refractivity contribution in [3.63, 3.8) is 0 Å². The second-order valence-electron chi connectivity index (χ2n) is 10.5. The molecule has 216 valence electrons. The molecule has 0 atom stereocenters. The summed E-state index contributed by atoms with van der Waals surface area (Å²) in [6, 6.07) is 37.7. The molecular weight excluding hydrogens is 546 g/mol. The third kappa shape index (κ3) is 7.24. The molecular formula is C42H33N3. The van der Waals surface area contributed by atoms with Gasteiger partial charge in [0.05, 0.1) is 24.6 Å². The highest BCUT2D eigenvalue weighted by molar-refractivity contribution is 5.87. The minimum absolute atomic E-state index is 0.302. The first-order valence-corrected chi connectivity index (χ1v) is 14.5. The smallest absolute Gasteiger partial charge is 0.0950 e. The third-order valence-corrected chi connectivity index (χ3v) is 7.66. The summed E-state index contributed by atoms with van der Waals surface area (Å²) in [5.41, 5.74) is 12.6. The molecule has 0 aliphatic rings. The maximum atomic E-state index is 9.56. The standard InChI is InChI=1S/C42H33N3/c1-6-31(19-12-20-43)32-13-9-14-33(21-32)38-24-39(34-15-10-17-36(22-34)41(7-2)29(4)27-44)26-40(25-38)35-16-11-18-37(23-35)42(8-3)30(5)28-45/h6-11,13-19,21-26H,1-3,12H2,4-5H3/b31-19+,41-29-,42-30-. The van der Waals surface area contributed by atoms with Crippen LogP contribution in [0.3, 0.4) is 0 Å². The molecule has 0 aliphatic carbocycles. The van der Waals surface area contributed by atoms with Crippen molar-refractivity contribution in [2.75, 3.05) is 0 Å². The van der Waals surface area contributed by atoms with Crippen LogP contribution in [-0.4, -0.2) is 0 Å². The zero-order valence-corrected chi connectivity index (χ0v) is 25.6. The van der Waals surface area contributed by atoms with Crippen molar-refractivity contribution in [2.45, 2.75) is 20.3 Å². The topological polar surface area (TPSA) is 71.4 Å². The van der Waals surface area contributed by atoms with Crippen molar-refractivity contribution >= 4 is 16.7 Å². The molecule has 0 amide bonds. The highest BCUT2D eigenvalue weighted by Crippen LogP contribution is 2.36. The Morgan fingerprint density at radius 1 is 0.556 bits per heavy atom. The molecule has 0 saturated carbocycles. The first-order chi connectivity index (χ1) is 21.9. The highest BCUT2D eigenvalue weighted by atomic mass is 14.3. The van der Waals surface area contributed by atoms with Crippen LogP contribution in [0.15, 0.2) is 146 Å². The number of nitriles is 3. The molecule has 0 spiro atoms. The van der Waals surface area contributed by atoms with Crippen molar-refractivity contribution in [1.29, 1.82) is 15.8 Å². The average Bonchev–Trinajstić information content (AvgIpc) is 3.09. The first-order valence-electron chi connectivity index (χ1n) is 14.5. The van der Waals surface area contributed by atoms with Gasteiger partial charge in [0, 0.05) is 11.1 Å². The molecule has 45 heavy (non-hydrogen) atoms. The van der Waals surface area contributed by atoms with Crippen LogP contribution in [0.25, 0.3) is 50.1 Å². The second-order valence-corrected chi connectivity index (χ2v) is 10.5. The van der Waals surface area contributed by atoms with E-state index in [9.17, 15) is 10.5 Å². The largest absolute Gasteiger partial charge is 0.198 e. The maximum Gasteiger partial charge on any atom is 0.0950 e. The fraction of sp³-hybridized carbons (Fsp3) is 0.0714. The molecule has 0 bridgehead atoms. The lowest BCUT2D eigenvalue weighted by Gasteiger charge is -2.14. The van der Waals surface area contributed by atoms with Crippen LogP contribution >= 0.6 is 0 Å². The van der Waals surface area contributed by atoms with Crippen LogP contribution < -0.4 is 0 Å². The normalized spacial score (nSPS) is 12.0. The Labute approximate surface area is 266 Å². The molecule has 4 rings (SSSR count). The molecule has 3 nitrogen and oxygen atoms in total. The van der Waals surface area contributed by atoms with E-state index in [-0.39, 0.29) is 0 Å². The van der Waals surface area contributed by atoms with Crippen molar-refractivity contribution in [3.8, 4) is 51.6 Å². The van der Waals surface area contributed by atoms with Gasteiger partial charge in [-0.1, -0.05) is 98.6 Å². The maximum absolute atomic E-state index is 9.56. The van der Waals surface area contributed by atoms with E-state index in [1.165, 1.54) is 0 Å². The van der Waals surface area contributed by atoms with Crippen molar-refractivity contribution in [2.24, 2.45) is 0 Å². The molecule has 0 aliphatic heterocycles.